The number of hydrogen-bond acceptors (Lipinski definition) is 4. The van der Waals surface area contributed by atoms with Gasteiger partial charge in [-0.2, -0.15) is 0 Å². The zero-order valence-electron chi connectivity index (χ0n) is 18.5. The van der Waals surface area contributed by atoms with Crippen LogP contribution in [0.5, 0.6) is 0 Å². The minimum Gasteiger partial charge on any atom is -0.377 e. The molecule has 7 heteroatoms. The van der Waals surface area contributed by atoms with Gasteiger partial charge in [-0.25, -0.2) is 0 Å². The maximum absolute atomic E-state index is 5.62. The van der Waals surface area contributed by atoms with Crippen LogP contribution in [-0.4, -0.2) is 57.4 Å². The molecule has 0 aromatic heterocycles. The van der Waals surface area contributed by atoms with Crippen LogP contribution in [0.2, 0.25) is 44.3 Å². The van der Waals surface area contributed by atoms with E-state index >= 15 is 0 Å². The lowest BCUT2D eigenvalue weighted by Gasteiger charge is -2.48. The minimum absolute atomic E-state index is 0.906. The summed E-state index contributed by atoms with van der Waals surface area (Å²) in [7, 11) is -0.0477. The van der Waals surface area contributed by atoms with Crippen molar-refractivity contribution in [1.29, 1.82) is 0 Å². The van der Waals surface area contributed by atoms with Gasteiger partial charge in [0.25, 0.3) is 0 Å². The van der Waals surface area contributed by atoms with E-state index in [1.807, 2.05) is 0 Å². The summed E-state index contributed by atoms with van der Waals surface area (Å²) in [5.74, 6) is 0. The minimum atomic E-state index is -2.45. The van der Waals surface area contributed by atoms with Crippen molar-refractivity contribution in [2.45, 2.75) is 90.3 Å². The van der Waals surface area contributed by atoms with Crippen LogP contribution in [-0.2, 0) is 13.3 Å². The Hall–Kier alpha value is 0.491. The highest BCUT2D eigenvalue weighted by Gasteiger charge is 2.41. The molecule has 4 nitrogen and oxygen atoms in total. The van der Waals surface area contributed by atoms with Crippen molar-refractivity contribution in [1.82, 2.24) is 4.23 Å². The molecule has 0 radical (unpaired) electrons. The van der Waals surface area contributed by atoms with Gasteiger partial charge in [0.15, 0.2) is 0 Å². The van der Waals surface area contributed by atoms with E-state index in [1.165, 1.54) is 44.3 Å². The van der Waals surface area contributed by atoms with Gasteiger partial charge in [0.2, 0.25) is 0 Å². The molecule has 0 bridgehead atoms. The van der Waals surface area contributed by atoms with Crippen LogP contribution in [0.4, 0.5) is 0 Å². The van der Waals surface area contributed by atoms with Gasteiger partial charge < -0.3 is 17.5 Å². The molecule has 25 heavy (non-hydrogen) atoms. The van der Waals surface area contributed by atoms with Crippen LogP contribution in [0.3, 0.4) is 0 Å². The number of hydrogen-bond donors (Lipinski definition) is 0. The highest BCUT2D eigenvalue weighted by atomic mass is 28.4. The molecule has 0 aliphatic rings. The van der Waals surface area contributed by atoms with Gasteiger partial charge in [0.1, 0.15) is 16.5 Å². The molecule has 0 atom stereocenters. The van der Waals surface area contributed by atoms with Crippen LogP contribution in [0, 0.1) is 0 Å². The van der Waals surface area contributed by atoms with Crippen LogP contribution >= 0.6 is 0 Å². The summed E-state index contributed by atoms with van der Waals surface area (Å²) in [6.07, 6.45) is 6.43. The second-order valence-electron chi connectivity index (χ2n) is 8.38. The SMILES string of the molecule is CCCC[Si](C)(C)N(CCC[Si](OC)(OC)OC)[Si](C)(C)CCCC. The first-order valence-corrected chi connectivity index (χ1v) is 18.3. The Morgan fingerprint density at radius 3 is 1.36 bits per heavy atom. The Labute approximate surface area is 161 Å². The van der Waals surface area contributed by atoms with Gasteiger partial charge >= 0.3 is 8.80 Å². The van der Waals surface area contributed by atoms with E-state index in [4.69, 9.17) is 13.3 Å². The molecule has 0 saturated carbocycles. The van der Waals surface area contributed by atoms with Crippen molar-refractivity contribution in [3.05, 3.63) is 0 Å². The number of rotatable bonds is 15. The third kappa shape index (κ3) is 8.36. The molecule has 0 rings (SSSR count). The highest BCUT2D eigenvalue weighted by Crippen LogP contribution is 2.30. The topological polar surface area (TPSA) is 30.9 Å². The van der Waals surface area contributed by atoms with Crippen molar-refractivity contribution in [3.63, 3.8) is 0 Å². The molecule has 152 valence electrons. The largest absolute Gasteiger partial charge is 0.500 e. The summed E-state index contributed by atoms with van der Waals surface area (Å²) in [6.45, 7) is 16.1. The molecule has 0 unspecified atom stereocenters. The highest BCUT2D eigenvalue weighted by molar-refractivity contribution is 6.90. The molecule has 0 aromatic carbocycles. The summed E-state index contributed by atoms with van der Waals surface area (Å²) in [5, 5.41) is 0. The summed E-state index contributed by atoms with van der Waals surface area (Å²) >= 11 is 0. The van der Waals surface area contributed by atoms with E-state index in [9.17, 15) is 0 Å². The van der Waals surface area contributed by atoms with Gasteiger partial charge in [0.05, 0.1) is 0 Å². The molecule has 0 spiro atoms. The maximum atomic E-state index is 5.62. The van der Waals surface area contributed by atoms with Gasteiger partial charge in [-0.05, 0) is 25.1 Å². The predicted octanol–water partition coefficient (Wildman–Crippen LogP) is 5.57. The average molecular weight is 408 g/mol. The van der Waals surface area contributed by atoms with Gasteiger partial charge in [-0.15, -0.1) is 0 Å². The van der Waals surface area contributed by atoms with Crippen molar-refractivity contribution in [3.8, 4) is 0 Å². The monoisotopic (exact) mass is 407 g/mol. The van der Waals surface area contributed by atoms with Crippen LogP contribution in [0.15, 0.2) is 0 Å². The third-order valence-electron chi connectivity index (χ3n) is 5.54. The van der Waals surface area contributed by atoms with Gasteiger partial charge in [-0.3, -0.25) is 0 Å². The molecule has 0 amide bonds. The lowest BCUT2D eigenvalue weighted by atomic mass is 10.4. The molecular formula is C18H45NO3Si3. The molecule has 0 aliphatic heterocycles. The van der Waals surface area contributed by atoms with Crippen molar-refractivity contribution in [2.75, 3.05) is 27.9 Å². The zero-order chi connectivity index (χ0) is 19.6. The smallest absolute Gasteiger partial charge is 0.377 e. The Morgan fingerprint density at radius 2 is 1.04 bits per heavy atom. The lowest BCUT2D eigenvalue weighted by Crippen LogP contribution is -2.62. The van der Waals surface area contributed by atoms with Crippen LogP contribution in [0.1, 0.15) is 46.0 Å². The van der Waals surface area contributed by atoms with Gasteiger partial charge in [0, 0.05) is 27.4 Å². The van der Waals surface area contributed by atoms with E-state index in [0.717, 1.165) is 12.5 Å². The number of unbranched alkanes of at least 4 members (excludes halogenated alkanes) is 2. The maximum Gasteiger partial charge on any atom is 0.500 e. The predicted molar refractivity (Wildman–Crippen MR) is 117 cm³/mol. The molecule has 0 fully saturated rings. The molecule has 0 aliphatic carbocycles. The van der Waals surface area contributed by atoms with Crippen LogP contribution < -0.4 is 0 Å². The summed E-state index contributed by atoms with van der Waals surface area (Å²) in [4.78, 5) is 0. The van der Waals surface area contributed by atoms with E-state index in [1.54, 1.807) is 21.3 Å². The van der Waals surface area contributed by atoms with E-state index in [2.05, 4.69) is 44.3 Å². The molecule has 0 heterocycles. The fourth-order valence-electron chi connectivity index (χ4n) is 3.92. The van der Waals surface area contributed by atoms with Crippen molar-refractivity contribution in [2.24, 2.45) is 0 Å². The fourth-order valence-corrected chi connectivity index (χ4v) is 17.4. The average Bonchev–Trinajstić information content (AvgIpc) is 2.58. The van der Waals surface area contributed by atoms with E-state index in [0.29, 0.717) is 0 Å². The summed E-state index contributed by atoms with van der Waals surface area (Å²) in [5.41, 5.74) is 0. The first kappa shape index (κ1) is 25.5. The standard InChI is InChI=1S/C18H45NO3Si3/c1-10-12-16-23(6,7)19(24(8,9)17-13-11-2)15-14-18-25(20-3,21-4)22-5/h10-18H2,1-9H3. The Kier molecular flexibility index (Phi) is 12.3. The van der Waals surface area contributed by atoms with Crippen LogP contribution in [0.25, 0.3) is 0 Å². The first-order chi connectivity index (χ1) is 11.6. The Balaban J connectivity index is 5.13. The Morgan fingerprint density at radius 1 is 0.640 bits per heavy atom. The fraction of sp³-hybridized carbons (Fsp3) is 1.00. The van der Waals surface area contributed by atoms with E-state index < -0.39 is 25.3 Å². The quantitative estimate of drug-likeness (QED) is 0.332. The van der Waals surface area contributed by atoms with E-state index in [-0.39, 0.29) is 0 Å². The van der Waals surface area contributed by atoms with Gasteiger partial charge in [-0.1, -0.05) is 65.7 Å². The molecule has 0 aromatic rings. The first-order valence-electron chi connectivity index (χ1n) is 10.1. The third-order valence-corrected chi connectivity index (χ3v) is 18.5. The summed E-state index contributed by atoms with van der Waals surface area (Å²) in [6, 6.07) is 3.73. The molecule has 0 saturated heterocycles. The van der Waals surface area contributed by atoms with Crippen molar-refractivity contribution >= 4 is 25.3 Å². The Bertz CT molecular complexity index is 322. The second kappa shape index (κ2) is 12.0. The molecule has 0 N–H and O–H groups in total. The normalized spacial score (nSPS) is 13.7. The molecular weight excluding hydrogens is 362 g/mol. The summed E-state index contributed by atoms with van der Waals surface area (Å²) < 4.78 is 19.9. The van der Waals surface area contributed by atoms with Crippen molar-refractivity contribution < 1.29 is 13.3 Å². The number of nitrogens with zero attached hydrogens (tertiary/aromatic N) is 1. The lowest BCUT2D eigenvalue weighted by molar-refractivity contribution is 0.122. The zero-order valence-corrected chi connectivity index (χ0v) is 21.5. The second-order valence-corrected chi connectivity index (χ2v) is 21.2.